The predicted octanol–water partition coefficient (Wildman–Crippen LogP) is 5.36. The van der Waals surface area contributed by atoms with Gasteiger partial charge < -0.3 is 4.90 Å². The van der Waals surface area contributed by atoms with E-state index in [4.69, 9.17) is 11.6 Å². The lowest BCUT2D eigenvalue weighted by Gasteiger charge is -2.37. The molecule has 0 N–H and O–H groups in total. The van der Waals surface area contributed by atoms with Crippen LogP contribution in [0.5, 0.6) is 0 Å². The predicted molar refractivity (Wildman–Crippen MR) is 128 cm³/mol. The summed E-state index contributed by atoms with van der Waals surface area (Å²) >= 11 is 6.24. The Hall–Kier alpha value is -3.50. The largest absolute Gasteiger partial charge is 0.352 e. The number of benzene rings is 3. The summed E-state index contributed by atoms with van der Waals surface area (Å²) in [6.07, 6.45) is 3.82. The van der Waals surface area contributed by atoms with E-state index < -0.39 is 23.4 Å². The fourth-order valence-electron chi connectivity index (χ4n) is 6.13. The van der Waals surface area contributed by atoms with Crippen LogP contribution in [0.3, 0.4) is 0 Å². The Labute approximate surface area is 196 Å². The van der Waals surface area contributed by atoms with E-state index in [9.17, 15) is 14.4 Å². The minimum atomic E-state index is -1.42. The fourth-order valence-corrected chi connectivity index (χ4v) is 6.31. The van der Waals surface area contributed by atoms with Gasteiger partial charge in [0.1, 0.15) is 5.41 Å². The molecule has 3 aliphatic rings. The number of halogens is 1. The summed E-state index contributed by atoms with van der Waals surface area (Å²) in [4.78, 5) is 43.6. The number of ketones is 3. The van der Waals surface area contributed by atoms with Crippen LogP contribution in [-0.2, 0) is 4.79 Å². The van der Waals surface area contributed by atoms with Gasteiger partial charge in [0, 0.05) is 27.8 Å². The van der Waals surface area contributed by atoms with Crippen LogP contribution in [0.2, 0.25) is 5.02 Å². The van der Waals surface area contributed by atoms with E-state index in [1.807, 2.05) is 59.5 Å². The van der Waals surface area contributed by atoms with Crippen LogP contribution in [0.1, 0.15) is 44.7 Å². The van der Waals surface area contributed by atoms with Crippen molar-refractivity contribution in [3.63, 3.8) is 0 Å². The van der Waals surface area contributed by atoms with E-state index in [1.165, 1.54) is 0 Å². The van der Waals surface area contributed by atoms with Crippen molar-refractivity contribution in [1.29, 1.82) is 0 Å². The smallest absolute Gasteiger partial charge is 0.180 e. The molecule has 1 aliphatic carbocycles. The van der Waals surface area contributed by atoms with Crippen molar-refractivity contribution in [2.45, 2.75) is 24.9 Å². The van der Waals surface area contributed by atoms with E-state index in [1.54, 1.807) is 37.3 Å². The van der Waals surface area contributed by atoms with Gasteiger partial charge in [-0.3, -0.25) is 14.4 Å². The van der Waals surface area contributed by atoms with Crippen molar-refractivity contribution < 1.29 is 14.4 Å². The van der Waals surface area contributed by atoms with Crippen LogP contribution >= 0.6 is 11.6 Å². The van der Waals surface area contributed by atoms with E-state index in [0.717, 1.165) is 16.8 Å². The molecule has 3 atom stereocenters. The molecule has 2 aliphatic heterocycles. The molecule has 3 aromatic rings. The van der Waals surface area contributed by atoms with Crippen LogP contribution < -0.4 is 4.90 Å². The van der Waals surface area contributed by atoms with E-state index in [-0.39, 0.29) is 17.3 Å². The molecular weight excluding hydrogens is 434 g/mol. The Balaban J connectivity index is 1.68. The van der Waals surface area contributed by atoms with Gasteiger partial charge in [0.2, 0.25) is 0 Å². The zero-order valence-corrected chi connectivity index (χ0v) is 18.6. The van der Waals surface area contributed by atoms with Gasteiger partial charge in [0.25, 0.3) is 0 Å². The van der Waals surface area contributed by atoms with Crippen LogP contribution in [0.25, 0.3) is 6.08 Å². The molecule has 1 fully saturated rings. The average molecular weight is 454 g/mol. The van der Waals surface area contributed by atoms with E-state index >= 15 is 0 Å². The molecule has 0 saturated carbocycles. The number of rotatable bonds is 2. The maximum atomic E-state index is 14.2. The molecule has 6 rings (SSSR count). The molecule has 0 bridgehead atoms. The highest BCUT2D eigenvalue weighted by atomic mass is 35.5. The topological polar surface area (TPSA) is 54.5 Å². The maximum absolute atomic E-state index is 14.2. The molecule has 0 amide bonds. The number of fused-ring (bicyclic) bond motifs is 5. The van der Waals surface area contributed by atoms with Gasteiger partial charge in [-0.15, -0.1) is 0 Å². The second kappa shape index (κ2) is 7.00. The highest BCUT2D eigenvalue weighted by molar-refractivity contribution is 6.32. The molecular formula is C28H20ClNO3. The minimum Gasteiger partial charge on any atom is -0.352 e. The van der Waals surface area contributed by atoms with Crippen LogP contribution in [0.4, 0.5) is 5.69 Å². The number of hydrogen-bond acceptors (Lipinski definition) is 4. The van der Waals surface area contributed by atoms with Gasteiger partial charge in [-0.2, -0.15) is 0 Å². The number of carbonyl (C=O) groups excluding carboxylic acids is 3. The molecule has 0 radical (unpaired) electrons. The first-order valence-corrected chi connectivity index (χ1v) is 11.3. The number of hydrogen-bond donors (Lipinski definition) is 0. The standard InChI is InChI=1S/C28H20ClNO3/c1-16(31)25-24(17-7-3-2-4-8-17)28(26(32)20-9-5-6-10-21(20)27(28)33)23-14-11-18-15-19(29)12-13-22(18)30(23)25/h2-15,23-25H,1H3/t23-,24+,25+/m0/s1. The lowest BCUT2D eigenvalue weighted by Crippen LogP contribution is -2.48. The normalized spacial score (nSPS) is 24.1. The van der Waals surface area contributed by atoms with E-state index in [2.05, 4.69) is 0 Å². The fraction of sp³-hybridized carbons (Fsp3) is 0.179. The van der Waals surface area contributed by atoms with Crippen LogP contribution in [0.15, 0.2) is 78.9 Å². The van der Waals surface area contributed by atoms with Crippen molar-refractivity contribution >= 4 is 40.7 Å². The third kappa shape index (κ3) is 2.50. The molecule has 5 heteroatoms. The summed E-state index contributed by atoms with van der Waals surface area (Å²) in [7, 11) is 0. The zero-order chi connectivity index (χ0) is 22.9. The monoisotopic (exact) mass is 453 g/mol. The molecule has 33 heavy (non-hydrogen) atoms. The maximum Gasteiger partial charge on any atom is 0.180 e. The Morgan fingerprint density at radius 2 is 1.55 bits per heavy atom. The van der Waals surface area contributed by atoms with Crippen LogP contribution in [0, 0.1) is 5.41 Å². The summed E-state index contributed by atoms with van der Waals surface area (Å²) < 4.78 is 0. The second-order valence-corrected chi connectivity index (χ2v) is 9.37. The van der Waals surface area contributed by atoms with Gasteiger partial charge in [-0.1, -0.05) is 78.4 Å². The number of nitrogens with zero attached hydrogens (tertiary/aromatic N) is 1. The first-order valence-electron chi connectivity index (χ1n) is 11.0. The van der Waals surface area contributed by atoms with Crippen molar-refractivity contribution in [2.24, 2.45) is 5.41 Å². The van der Waals surface area contributed by atoms with Crippen LogP contribution in [-0.4, -0.2) is 29.4 Å². The second-order valence-electron chi connectivity index (χ2n) is 8.93. The molecule has 3 aromatic carbocycles. The Morgan fingerprint density at radius 3 is 2.18 bits per heavy atom. The summed E-state index contributed by atoms with van der Waals surface area (Å²) in [6.45, 7) is 1.54. The quantitative estimate of drug-likeness (QED) is 0.490. The molecule has 0 unspecified atom stereocenters. The molecule has 1 saturated heterocycles. The molecule has 162 valence electrons. The van der Waals surface area contributed by atoms with Gasteiger partial charge in [0.15, 0.2) is 17.3 Å². The number of carbonyl (C=O) groups is 3. The lowest BCUT2D eigenvalue weighted by molar-refractivity contribution is -0.118. The molecule has 1 spiro atoms. The van der Waals surface area contributed by atoms with Gasteiger partial charge in [-0.25, -0.2) is 0 Å². The Morgan fingerprint density at radius 1 is 0.909 bits per heavy atom. The number of anilines is 1. The molecule has 0 aromatic heterocycles. The summed E-state index contributed by atoms with van der Waals surface area (Å²) in [6, 6.07) is 20.7. The third-order valence-electron chi connectivity index (χ3n) is 7.34. The summed E-state index contributed by atoms with van der Waals surface area (Å²) in [5.74, 6) is -1.13. The summed E-state index contributed by atoms with van der Waals surface area (Å²) in [5, 5.41) is 0.588. The highest BCUT2D eigenvalue weighted by Gasteiger charge is 2.71. The lowest BCUT2D eigenvalue weighted by atomic mass is 9.64. The SMILES string of the molecule is CC(=O)[C@@H]1[C@@H](c2ccccc2)C2(C(=O)c3ccccc3C2=O)[C@@H]2C=Cc3cc(Cl)ccc3N12. The summed E-state index contributed by atoms with van der Waals surface area (Å²) in [5.41, 5.74) is 1.93. The highest BCUT2D eigenvalue weighted by Crippen LogP contribution is 2.60. The van der Waals surface area contributed by atoms with Crippen molar-refractivity contribution in [1.82, 2.24) is 0 Å². The van der Waals surface area contributed by atoms with Gasteiger partial charge in [0.05, 0.1) is 12.1 Å². The Bertz CT molecular complexity index is 1340. The first-order chi connectivity index (χ1) is 16.0. The Kier molecular flexibility index (Phi) is 4.27. The van der Waals surface area contributed by atoms with Gasteiger partial charge >= 0.3 is 0 Å². The van der Waals surface area contributed by atoms with Crippen molar-refractivity contribution in [3.05, 3.63) is 106 Å². The molecule has 4 nitrogen and oxygen atoms in total. The third-order valence-corrected chi connectivity index (χ3v) is 7.58. The van der Waals surface area contributed by atoms with Crippen molar-refractivity contribution in [3.8, 4) is 0 Å². The van der Waals surface area contributed by atoms with Crippen molar-refractivity contribution in [2.75, 3.05) is 4.90 Å². The first kappa shape index (κ1) is 20.1. The van der Waals surface area contributed by atoms with E-state index in [0.29, 0.717) is 16.1 Å². The molecule has 2 heterocycles. The minimum absolute atomic E-state index is 0.0847. The average Bonchev–Trinajstić information content (AvgIpc) is 3.26. The zero-order valence-electron chi connectivity index (χ0n) is 17.9. The number of Topliss-reactive ketones (excluding diaryl/α,β-unsaturated/α-hetero) is 3. The van der Waals surface area contributed by atoms with Gasteiger partial charge in [-0.05, 0) is 36.2 Å².